The number of pyridine rings is 2. The Labute approximate surface area is 153 Å². The molecule has 3 rings (SSSR count). The lowest BCUT2D eigenvalue weighted by molar-refractivity contribution is -0.141. The Morgan fingerprint density at radius 1 is 1.14 bits per heavy atom. The Hall–Kier alpha value is -3.05. The van der Waals surface area contributed by atoms with Crippen molar-refractivity contribution in [1.82, 2.24) is 9.97 Å². The number of alkyl halides is 6. The molecule has 0 atom stereocenters. The summed E-state index contributed by atoms with van der Waals surface area (Å²) in [5.74, 6) is -2.03. The molecule has 0 amide bonds. The lowest BCUT2D eigenvalue weighted by Crippen LogP contribution is -2.54. The fourth-order valence-corrected chi connectivity index (χ4v) is 2.52. The summed E-state index contributed by atoms with van der Waals surface area (Å²) in [7, 11) is 0. The monoisotopic (exact) mass is 407 g/mol. The quantitative estimate of drug-likeness (QED) is 0.783. The molecule has 12 heteroatoms. The van der Waals surface area contributed by atoms with Crippen LogP contribution in [0.15, 0.2) is 30.5 Å². The van der Waals surface area contributed by atoms with E-state index in [-0.39, 0.29) is 24.8 Å². The van der Waals surface area contributed by atoms with E-state index in [0.717, 1.165) is 12.1 Å². The molecular weight excluding hydrogens is 396 g/mol. The summed E-state index contributed by atoms with van der Waals surface area (Å²) in [6.07, 6.45) is -9.48. The fraction of sp³-hybridized carbons (Fsp3) is 0.312. The van der Waals surface area contributed by atoms with Gasteiger partial charge in [-0.2, -0.15) is 26.3 Å². The van der Waals surface area contributed by atoms with Crippen molar-refractivity contribution < 1.29 is 41.0 Å². The second kappa shape index (κ2) is 6.84. The van der Waals surface area contributed by atoms with Crippen LogP contribution < -0.4 is 9.64 Å². The number of carbonyl (C=O) groups is 1. The van der Waals surface area contributed by atoms with E-state index in [1.807, 2.05) is 0 Å². The lowest BCUT2D eigenvalue weighted by atomic mass is 10.1. The summed E-state index contributed by atoms with van der Waals surface area (Å²) in [4.78, 5) is 19.5. The Balaban J connectivity index is 1.71. The summed E-state index contributed by atoms with van der Waals surface area (Å²) in [5.41, 5.74) is -2.96. The molecule has 6 nitrogen and oxygen atoms in total. The highest BCUT2D eigenvalue weighted by atomic mass is 19.4. The zero-order chi connectivity index (χ0) is 20.7. The van der Waals surface area contributed by atoms with Crippen molar-refractivity contribution >= 4 is 11.8 Å². The normalized spacial score (nSPS) is 15.3. The van der Waals surface area contributed by atoms with Crippen LogP contribution in [-0.2, 0) is 12.4 Å². The van der Waals surface area contributed by atoms with Gasteiger partial charge in [0.2, 0.25) is 5.88 Å². The van der Waals surface area contributed by atoms with Crippen LogP contribution in [0.4, 0.5) is 32.2 Å². The first-order valence-corrected chi connectivity index (χ1v) is 7.71. The zero-order valence-electron chi connectivity index (χ0n) is 13.8. The molecule has 0 spiro atoms. The number of aromatic nitrogens is 2. The Morgan fingerprint density at radius 3 is 2.39 bits per heavy atom. The van der Waals surface area contributed by atoms with Gasteiger partial charge in [-0.05, 0) is 12.1 Å². The van der Waals surface area contributed by atoms with E-state index in [2.05, 4.69) is 9.97 Å². The molecule has 0 aliphatic carbocycles. The SMILES string of the molecule is O=C(O)c1cc(C(F)(F)F)cnc1N1CC(Oc2cccc(C(F)(F)F)n2)C1. The fourth-order valence-electron chi connectivity index (χ4n) is 2.52. The molecule has 1 aliphatic heterocycles. The maximum Gasteiger partial charge on any atom is 0.433 e. The third-order valence-electron chi connectivity index (χ3n) is 3.87. The molecule has 2 aromatic heterocycles. The maximum absolute atomic E-state index is 12.7. The standard InChI is InChI=1S/C16H11F6N3O3/c17-15(18,19)8-4-10(14(26)27)13(23-5-8)25-6-9(7-25)28-12-3-1-2-11(24-12)16(20,21)22/h1-5,9H,6-7H2,(H,26,27). The first kappa shape index (κ1) is 19.7. The van der Waals surface area contributed by atoms with Gasteiger partial charge in [-0.25, -0.2) is 14.8 Å². The first-order chi connectivity index (χ1) is 12.9. The summed E-state index contributed by atoms with van der Waals surface area (Å²) in [6.45, 7) is 0.0487. The molecule has 0 saturated carbocycles. The third-order valence-corrected chi connectivity index (χ3v) is 3.87. The van der Waals surface area contributed by atoms with E-state index < -0.39 is 41.2 Å². The molecule has 28 heavy (non-hydrogen) atoms. The molecule has 1 aliphatic rings. The van der Waals surface area contributed by atoms with Crippen molar-refractivity contribution in [2.75, 3.05) is 18.0 Å². The number of halogens is 6. The average Bonchev–Trinajstić information content (AvgIpc) is 2.56. The number of carboxylic acids is 1. The van der Waals surface area contributed by atoms with Gasteiger partial charge in [0.05, 0.1) is 18.7 Å². The van der Waals surface area contributed by atoms with E-state index in [4.69, 9.17) is 9.84 Å². The second-order valence-electron chi connectivity index (χ2n) is 5.90. The van der Waals surface area contributed by atoms with E-state index >= 15 is 0 Å². The second-order valence-corrected chi connectivity index (χ2v) is 5.90. The van der Waals surface area contributed by atoms with Crippen molar-refractivity contribution in [3.8, 4) is 5.88 Å². The van der Waals surface area contributed by atoms with Crippen LogP contribution in [0.5, 0.6) is 5.88 Å². The number of hydrogen-bond donors (Lipinski definition) is 1. The summed E-state index contributed by atoms with van der Waals surface area (Å²) >= 11 is 0. The molecule has 0 aromatic carbocycles. The Kier molecular flexibility index (Phi) is 4.81. The van der Waals surface area contributed by atoms with Gasteiger partial charge in [-0.15, -0.1) is 0 Å². The van der Waals surface area contributed by atoms with Crippen LogP contribution in [-0.4, -0.2) is 40.2 Å². The number of ether oxygens (including phenoxy) is 1. The van der Waals surface area contributed by atoms with Gasteiger partial charge >= 0.3 is 18.3 Å². The van der Waals surface area contributed by atoms with E-state index in [9.17, 15) is 31.1 Å². The number of aromatic carboxylic acids is 1. The zero-order valence-corrected chi connectivity index (χ0v) is 13.8. The molecule has 1 saturated heterocycles. The number of anilines is 1. The molecule has 1 N–H and O–H groups in total. The van der Waals surface area contributed by atoms with Crippen molar-refractivity contribution in [1.29, 1.82) is 0 Å². The number of hydrogen-bond acceptors (Lipinski definition) is 5. The minimum atomic E-state index is -4.74. The predicted octanol–water partition coefficient (Wildman–Crippen LogP) is 3.48. The molecule has 3 heterocycles. The van der Waals surface area contributed by atoms with Gasteiger partial charge in [0.15, 0.2) is 0 Å². The highest BCUT2D eigenvalue weighted by molar-refractivity contribution is 5.93. The van der Waals surface area contributed by atoms with Crippen LogP contribution in [0.25, 0.3) is 0 Å². The van der Waals surface area contributed by atoms with Crippen molar-refractivity contribution in [2.24, 2.45) is 0 Å². The maximum atomic E-state index is 12.7. The van der Waals surface area contributed by atoms with Gasteiger partial charge in [0.1, 0.15) is 23.2 Å². The number of nitrogens with zero attached hydrogens (tertiary/aromatic N) is 3. The van der Waals surface area contributed by atoms with Gasteiger partial charge < -0.3 is 14.7 Å². The van der Waals surface area contributed by atoms with E-state index in [0.29, 0.717) is 12.3 Å². The van der Waals surface area contributed by atoms with Crippen molar-refractivity contribution in [3.05, 3.63) is 47.3 Å². The predicted molar refractivity (Wildman–Crippen MR) is 82.1 cm³/mol. The Bertz CT molecular complexity index is 894. The molecule has 1 fully saturated rings. The topological polar surface area (TPSA) is 75.5 Å². The van der Waals surface area contributed by atoms with Crippen molar-refractivity contribution in [3.63, 3.8) is 0 Å². The Morgan fingerprint density at radius 2 is 1.82 bits per heavy atom. The highest BCUT2D eigenvalue weighted by Crippen LogP contribution is 2.33. The average molecular weight is 407 g/mol. The van der Waals surface area contributed by atoms with Crippen LogP contribution in [0.3, 0.4) is 0 Å². The van der Waals surface area contributed by atoms with Crippen LogP contribution in [0, 0.1) is 0 Å². The molecule has 2 aromatic rings. The molecule has 0 radical (unpaired) electrons. The number of carboxylic acid groups (broad SMARTS) is 1. The minimum Gasteiger partial charge on any atom is -0.478 e. The highest BCUT2D eigenvalue weighted by Gasteiger charge is 2.37. The largest absolute Gasteiger partial charge is 0.478 e. The minimum absolute atomic E-state index is 0.0244. The first-order valence-electron chi connectivity index (χ1n) is 7.71. The van der Waals surface area contributed by atoms with Crippen LogP contribution >= 0.6 is 0 Å². The van der Waals surface area contributed by atoms with Crippen molar-refractivity contribution in [2.45, 2.75) is 18.5 Å². The van der Waals surface area contributed by atoms with Gasteiger partial charge in [0, 0.05) is 12.3 Å². The molecule has 150 valence electrons. The smallest absolute Gasteiger partial charge is 0.433 e. The summed E-state index contributed by atoms with van der Waals surface area (Å²) < 4.78 is 81.4. The van der Waals surface area contributed by atoms with Crippen LogP contribution in [0.2, 0.25) is 0 Å². The van der Waals surface area contributed by atoms with Gasteiger partial charge in [0.25, 0.3) is 0 Å². The summed E-state index contributed by atoms with van der Waals surface area (Å²) in [6, 6.07) is 3.62. The van der Waals surface area contributed by atoms with Gasteiger partial charge in [-0.3, -0.25) is 0 Å². The lowest BCUT2D eigenvalue weighted by Gasteiger charge is -2.40. The van der Waals surface area contributed by atoms with E-state index in [1.54, 1.807) is 0 Å². The molecular formula is C16H11F6N3O3. The number of rotatable bonds is 4. The molecule has 0 unspecified atom stereocenters. The van der Waals surface area contributed by atoms with Gasteiger partial charge in [-0.1, -0.05) is 6.07 Å². The van der Waals surface area contributed by atoms with Crippen LogP contribution in [0.1, 0.15) is 21.6 Å². The third kappa shape index (κ3) is 4.10. The summed E-state index contributed by atoms with van der Waals surface area (Å²) in [5, 5.41) is 9.15. The molecule has 0 bridgehead atoms. The van der Waals surface area contributed by atoms with E-state index in [1.165, 1.54) is 11.0 Å².